The van der Waals surface area contributed by atoms with Gasteiger partial charge in [-0.25, -0.2) is 14.6 Å². The first kappa shape index (κ1) is 21.9. The van der Waals surface area contributed by atoms with Gasteiger partial charge in [0.05, 0.1) is 16.7 Å². The molecule has 1 aliphatic heterocycles. The SMILES string of the molecule is CCN1Cc2cc(Nc3ccc4c(c3)ncn4-c3ccc(C4CC4)c(-n4nc(N)cc4C)n3)nnc2C1. The summed E-state index contributed by atoms with van der Waals surface area (Å²) in [4.78, 5) is 12.1. The minimum Gasteiger partial charge on any atom is -0.382 e. The van der Waals surface area contributed by atoms with Gasteiger partial charge in [-0.15, -0.1) is 10.2 Å². The van der Waals surface area contributed by atoms with E-state index in [9.17, 15) is 0 Å². The molecule has 3 N–H and O–H groups in total. The van der Waals surface area contributed by atoms with Gasteiger partial charge >= 0.3 is 0 Å². The number of fused-ring (bicyclic) bond motifs is 2. The summed E-state index contributed by atoms with van der Waals surface area (Å²) in [5.74, 6) is 3.40. The van der Waals surface area contributed by atoms with Crippen LogP contribution in [0.3, 0.4) is 0 Å². The molecule has 0 radical (unpaired) electrons. The molecule has 0 atom stereocenters. The van der Waals surface area contributed by atoms with Crippen molar-refractivity contribution in [1.29, 1.82) is 0 Å². The van der Waals surface area contributed by atoms with E-state index in [0.717, 1.165) is 65.2 Å². The highest BCUT2D eigenvalue weighted by molar-refractivity contribution is 5.82. The molecule has 4 aromatic heterocycles. The highest BCUT2D eigenvalue weighted by Gasteiger charge is 2.29. The number of nitrogens with two attached hydrogens (primary N) is 1. The molecule has 0 spiro atoms. The average molecular weight is 493 g/mol. The smallest absolute Gasteiger partial charge is 0.159 e. The van der Waals surface area contributed by atoms with Crippen LogP contribution in [0.1, 0.15) is 48.2 Å². The third-order valence-electron chi connectivity index (χ3n) is 7.26. The Morgan fingerprint density at radius 3 is 2.73 bits per heavy atom. The first-order chi connectivity index (χ1) is 18.1. The van der Waals surface area contributed by atoms with Gasteiger partial charge < -0.3 is 11.1 Å². The Balaban J connectivity index is 1.21. The van der Waals surface area contributed by atoms with Crippen molar-refractivity contribution in [2.45, 2.75) is 45.7 Å². The molecule has 1 saturated carbocycles. The number of nitrogen functional groups attached to an aromatic ring is 1. The van der Waals surface area contributed by atoms with Crippen molar-refractivity contribution >= 4 is 28.4 Å². The summed E-state index contributed by atoms with van der Waals surface area (Å²) in [6.07, 6.45) is 4.17. The molecule has 0 amide bonds. The summed E-state index contributed by atoms with van der Waals surface area (Å²) < 4.78 is 3.86. The van der Waals surface area contributed by atoms with E-state index >= 15 is 0 Å². The van der Waals surface area contributed by atoms with Crippen LogP contribution in [0.15, 0.2) is 48.8 Å². The molecule has 1 aromatic carbocycles. The van der Waals surface area contributed by atoms with Crippen molar-refractivity contribution in [2.75, 3.05) is 17.6 Å². The van der Waals surface area contributed by atoms with Crippen LogP contribution < -0.4 is 11.1 Å². The van der Waals surface area contributed by atoms with Gasteiger partial charge in [0.15, 0.2) is 11.6 Å². The van der Waals surface area contributed by atoms with Crippen LogP contribution in [-0.4, -0.2) is 46.0 Å². The lowest BCUT2D eigenvalue weighted by Crippen LogP contribution is -2.14. The van der Waals surface area contributed by atoms with Crippen LogP contribution in [-0.2, 0) is 13.1 Å². The second kappa shape index (κ2) is 8.38. The van der Waals surface area contributed by atoms with Gasteiger partial charge in [-0.2, -0.15) is 5.10 Å². The second-order valence-electron chi connectivity index (χ2n) is 9.93. The van der Waals surface area contributed by atoms with E-state index < -0.39 is 0 Å². The molecule has 0 bridgehead atoms. The predicted molar refractivity (Wildman–Crippen MR) is 142 cm³/mol. The van der Waals surface area contributed by atoms with E-state index in [1.54, 1.807) is 0 Å². The molecule has 37 heavy (non-hydrogen) atoms. The minimum absolute atomic E-state index is 0.496. The van der Waals surface area contributed by atoms with Crippen LogP contribution in [0.2, 0.25) is 0 Å². The average Bonchev–Trinajstić information content (AvgIpc) is 3.38. The number of hydrogen-bond acceptors (Lipinski definition) is 8. The Morgan fingerprint density at radius 2 is 1.95 bits per heavy atom. The summed E-state index contributed by atoms with van der Waals surface area (Å²) in [6, 6.07) is 14.3. The molecule has 5 heterocycles. The molecule has 10 nitrogen and oxygen atoms in total. The Kier molecular flexibility index (Phi) is 4.97. The van der Waals surface area contributed by atoms with Gasteiger partial charge in [-0.3, -0.25) is 9.47 Å². The summed E-state index contributed by atoms with van der Waals surface area (Å²) in [7, 11) is 0. The predicted octanol–water partition coefficient (Wildman–Crippen LogP) is 4.24. The molecule has 5 aromatic rings. The van der Waals surface area contributed by atoms with Gasteiger partial charge in [0.25, 0.3) is 0 Å². The first-order valence-corrected chi connectivity index (χ1v) is 12.7. The van der Waals surface area contributed by atoms with Gasteiger partial charge in [-0.1, -0.05) is 13.0 Å². The van der Waals surface area contributed by atoms with Crippen LogP contribution in [0.25, 0.3) is 22.7 Å². The molecule has 7 rings (SSSR count). The van der Waals surface area contributed by atoms with E-state index in [1.165, 1.54) is 24.0 Å². The van der Waals surface area contributed by atoms with Crippen molar-refractivity contribution in [3.05, 3.63) is 71.3 Å². The summed E-state index contributed by atoms with van der Waals surface area (Å²) >= 11 is 0. The molecule has 1 aliphatic carbocycles. The van der Waals surface area contributed by atoms with E-state index in [-0.39, 0.29) is 0 Å². The summed E-state index contributed by atoms with van der Waals surface area (Å²) in [6.45, 7) is 6.96. The lowest BCUT2D eigenvalue weighted by Gasteiger charge is -2.13. The van der Waals surface area contributed by atoms with E-state index in [4.69, 9.17) is 10.7 Å². The van der Waals surface area contributed by atoms with Crippen LogP contribution in [0.4, 0.5) is 17.3 Å². The molecule has 0 unspecified atom stereocenters. The number of aromatic nitrogens is 7. The molecule has 2 aliphatic rings. The Bertz CT molecular complexity index is 1640. The Hall–Kier alpha value is -4.31. The molecule has 1 fully saturated rings. The third kappa shape index (κ3) is 3.89. The largest absolute Gasteiger partial charge is 0.382 e. The first-order valence-electron chi connectivity index (χ1n) is 12.7. The van der Waals surface area contributed by atoms with Crippen molar-refractivity contribution in [3.8, 4) is 11.6 Å². The van der Waals surface area contributed by atoms with Gasteiger partial charge in [0, 0.05) is 36.1 Å². The fourth-order valence-electron chi connectivity index (χ4n) is 5.12. The van der Waals surface area contributed by atoms with E-state index in [1.807, 2.05) is 40.7 Å². The Labute approximate surface area is 214 Å². The number of rotatable bonds is 6. The van der Waals surface area contributed by atoms with Crippen molar-refractivity contribution < 1.29 is 0 Å². The fourth-order valence-corrected chi connectivity index (χ4v) is 5.12. The molecular formula is C27H28N10. The maximum absolute atomic E-state index is 5.98. The topological polar surface area (TPSA) is 116 Å². The standard InChI is InChI=1S/C27H28N10/c1-3-35-13-18-11-25(33-32-22(18)14-35)30-19-6-8-23-21(12-19)29-15-36(23)26-9-7-20(17-4-5-17)27(31-26)37-16(2)10-24(28)34-37/h6-12,15,17H,3-5,13-14H2,1-2H3,(H2,28,34)(H,30,33). The highest BCUT2D eigenvalue weighted by atomic mass is 15.3. The van der Waals surface area contributed by atoms with Crippen LogP contribution >= 0.6 is 0 Å². The summed E-state index contributed by atoms with van der Waals surface area (Å²) in [5, 5.41) is 16.7. The zero-order valence-electron chi connectivity index (χ0n) is 20.9. The van der Waals surface area contributed by atoms with Gasteiger partial charge in [0.1, 0.15) is 18.0 Å². The lowest BCUT2D eigenvalue weighted by atomic mass is 10.1. The maximum Gasteiger partial charge on any atom is 0.159 e. The number of aryl methyl sites for hydroxylation is 1. The number of nitrogens with one attached hydrogen (secondary N) is 1. The quantitative estimate of drug-likeness (QED) is 0.362. The van der Waals surface area contributed by atoms with Crippen molar-refractivity contribution in [2.24, 2.45) is 0 Å². The Morgan fingerprint density at radius 1 is 1.05 bits per heavy atom. The number of hydrogen-bond donors (Lipinski definition) is 2. The van der Waals surface area contributed by atoms with Gasteiger partial charge in [-0.05, 0) is 68.1 Å². The monoisotopic (exact) mass is 492 g/mol. The van der Waals surface area contributed by atoms with E-state index in [0.29, 0.717) is 11.7 Å². The maximum atomic E-state index is 5.98. The second-order valence-corrected chi connectivity index (χ2v) is 9.93. The minimum atomic E-state index is 0.496. The fraction of sp³-hybridized carbons (Fsp3) is 0.296. The normalized spacial score (nSPS) is 15.4. The lowest BCUT2D eigenvalue weighted by molar-refractivity contribution is 0.299. The molecule has 0 saturated heterocycles. The van der Waals surface area contributed by atoms with Crippen molar-refractivity contribution in [3.63, 3.8) is 0 Å². The molecular weight excluding hydrogens is 464 g/mol. The zero-order chi connectivity index (χ0) is 25.1. The number of nitrogens with zero attached hydrogens (tertiary/aromatic N) is 8. The number of imidazole rings is 1. The van der Waals surface area contributed by atoms with Crippen molar-refractivity contribution in [1.82, 2.24) is 39.4 Å². The number of anilines is 3. The zero-order valence-corrected chi connectivity index (χ0v) is 20.9. The summed E-state index contributed by atoms with van der Waals surface area (Å²) in [5.41, 5.74) is 13.2. The van der Waals surface area contributed by atoms with Crippen LogP contribution in [0, 0.1) is 6.92 Å². The third-order valence-corrected chi connectivity index (χ3v) is 7.26. The molecule has 10 heteroatoms. The molecule has 186 valence electrons. The van der Waals surface area contributed by atoms with Crippen LogP contribution in [0.5, 0.6) is 0 Å². The van der Waals surface area contributed by atoms with Gasteiger partial charge in [0.2, 0.25) is 0 Å². The van der Waals surface area contributed by atoms with E-state index in [2.05, 4.69) is 61.7 Å². The number of benzene rings is 1. The number of pyridine rings is 1. The highest BCUT2D eigenvalue weighted by Crippen LogP contribution is 2.42.